The van der Waals surface area contributed by atoms with E-state index in [4.69, 9.17) is 11.6 Å². The van der Waals surface area contributed by atoms with Gasteiger partial charge in [0, 0.05) is 32.4 Å². The Morgan fingerprint density at radius 1 is 1.43 bits per heavy atom. The molecule has 2 heterocycles. The van der Waals surface area contributed by atoms with Crippen LogP contribution in [-0.4, -0.2) is 45.4 Å². The average Bonchev–Trinajstić information content (AvgIpc) is 2.81. The van der Waals surface area contributed by atoms with Crippen molar-refractivity contribution >= 4 is 17.6 Å². The highest BCUT2D eigenvalue weighted by molar-refractivity contribution is 6.29. The molecule has 1 saturated heterocycles. The van der Waals surface area contributed by atoms with Crippen LogP contribution in [0.1, 0.15) is 25.3 Å². The number of hydrazone groups is 1. The predicted octanol–water partition coefficient (Wildman–Crippen LogP) is 2.20. The summed E-state index contributed by atoms with van der Waals surface area (Å²) in [6.45, 7) is 4.91. The van der Waals surface area contributed by atoms with E-state index >= 15 is 0 Å². The molecule has 8 heteroatoms. The van der Waals surface area contributed by atoms with Crippen molar-refractivity contribution in [3.8, 4) is 0 Å². The summed E-state index contributed by atoms with van der Waals surface area (Å²) in [6.07, 6.45) is 3.72. The highest BCUT2D eigenvalue weighted by atomic mass is 35.5. The minimum absolute atomic E-state index is 0.434. The normalized spacial score (nSPS) is 16.8. The van der Waals surface area contributed by atoms with E-state index in [0.717, 1.165) is 38.0 Å². The summed E-state index contributed by atoms with van der Waals surface area (Å²) in [7, 11) is 0. The van der Waals surface area contributed by atoms with Gasteiger partial charge in [0.05, 0.1) is 0 Å². The average molecular weight is 312 g/mol. The van der Waals surface area contributed by atoms with Gasteiger partial charge >= 0.3 is 0 Å². The topological polar surface area (TPSA) is 74.9 Å². The van der Waals surface area contributed by atoms with E-state index < -0.39 is 5.03 Å². The Labute approximate surface area is 128 Å². The number of pyridine rings is 1. The van der Waals surface area contributed by atoms with Gasteiger partial charge in [-0.3, -0.25) is 0 Å². The highest BCUT2D eigenvalue weighted by Crippen LogP contribution is 2.15. The zero-order valence-electron chi connectivity index (χ0n) is 11.9. The van der Waals surface area contributed by atoms with Gasteiger partial charge in [0.25, 0.3) is 5.96 Å². The number of nitro groups is 1. The van der Waals surface area contributed by atoms with Crippen molar-refractivity contribution in [3.63, 3.8) is 0 Å². The summed E-state index contributed by atoms with van der Waals surface area (Å²) in [5.74, 6) is 0.434. The molecule has 0 unspecified atom stereocenters. The molecule has 0 saturated carbocycles. The van der Waals surface area contributed by atoms with Crippen LogP contribution in [0.15, 0.2) is 23.4 Å². The van der Waals surface area contributed by atoms with E-state index in [0.29, 0.717) is 17.7 Å². The number of halogens is 1. The van der Waals surface area contributed by atoms with Gasteiger partial charge in [-0.2, -0.15) is 0 Å². The molecule has 1 aliphatic heterocycles. The fraction of sp³-hybridized carbons (Fsp3) is 0.538. The molecule has 0 aromatic carbocycles. The minimum Gasteiger partial charge on any atom is -0.336 e. The van der Waals surface area contributed by atoms with Crippen LogP contribution in [0.3, 0.4) is 0 Å². The molecule has 0 aliphatic carbocycles. The molecule has 0 amide bonds. The Hall–Kier alpha value is -1.89. The number of hydrogen-bond donors (Lipinski definition) is 0. The van der Waals surface area contributed by atoms with E-state index in [1.54, 1.807) is 12.3 Å². The van der Waals surface area contributed by atoms with Gasteiger partial charge in [0.15, 0.2) is 5.03 Å². The molecule has 0 spiro atoms. The molecule has 0 radical (unpaired) electrons. The second kappa shape index (κ2) is 7.21. The number of rotatable bonds is 6. The molecule has 1 fully saturated rings. The fourth-order valence-corrected chi connectivity index (χ4v) is 2.38. The highest BCUT2D eigenvalue weighted by Gasteiger charge is 2.29. The number of hydrogen-bond acceptors (Lipinski definition) is 3. The molecule has 114 valence electrons. The summed E-state index contributed by atoms with van der Waals surface area (Å²) in [5, 5.41) is 14.1. The van der Waals surface area contributed by atoms with Crippen LogP contribution >= 0.6 is 11.6 Å². The number of guanidine groups is 1. The summed E-state index contributed by atoms with van der Waals surface area (Å²) < 4.78 is 0. The lowest BCUT2D eigenvalue weighted by atomic mass is 10.3. The van der Waals surface area contributed by atoms with Crippen LogP contribution in [0.2, 0.25) is 5.15 Å². The van der Waals surface area contributed by atoms with Crippen LogP contribution in [0.4, 0.5) is 0 Å². The molecular formula is C13H18ClN5O2. The van der Waals surface area contributed by atoms with Crippen molar-refractivity contribution in [2.24, 2.45) is 5.10 Å². The zero-order chi connectivity index (χ0) is 15.2. The van der Waals surface area contributed by atoms with Crippen molar-refractivity contribution in [2.45, 2.75) is 26.3 Å². The molecule has 1 aromatic heterocycles. The molecule has 2 rings (SSSR count). The zero-order valence-corrected chi connectivity index (χ0v) is 12.7. The van der Waals surface area contributed by atoms with Gasteiger partial charge in [0.2, 0.25) is 0 Å². The standard InChI is InChI=1S/C13H18ClN5O2/c1-2-3-6-17-7-8-18(13(17)16-19(20)21)10-11-4-5-12(14)15-9-11/h4-5,9H,2-3,6-8,10H2,1H3/b16-13-. The summed E-state index contributed by atoms with van der Waals surface area (Å²) in [5.41, 5.74) is 0.952. The molecular weight excluding hydrogens is 294 g/mol. The fourth-order valence-electron chi connectivity index (χ4n) is 2.27. The largest absolute Gasteiger partial charge is 0.336 e. The first-order valence-corrected chi connectivity index (χ1v) is 7.31. The Balaban J connectivity index is 2.10. The first-order chi connectivity index (χ1) is 10.1. The van der Waals surface area contributed by atoms with E-state index in [9.17, 15) is 10.1 Å². The van der Waals surface area contributed by atoms with Crippen molar-refractivity contribution in [1.29, 1.82) is 0 Å². The molecule has 0 atom stereocenters. The second-order valence-electron chi connectivity index (χ2n) is 4.89. The maximum atomic E-state index is 10.8. The number of aromatic nitrogens is 1. The van der Waals surface area contributed by atoms with Gasteiger partial charge < -0.3 is 9.80 Å². The summed E-state index contributed by atoms with van der Waals surface area (Å²) in [4.78, 5) is 18.7. The Morgan fingerprint density at radius 2 is 2.19 bits per heavy atom. The molecule has 7 nitrogen and oxygen atoms in total. The Morgan fingerprint density at radius 3 is 2.81 bits per heavy atom. The monoisotopic (exact) mass is 311 g/mol. The smallest absolute Gasteiger partial charge is 0.274 e. The SMILES string of the molecule is CCCCN1CCN(Cc2ccc(Cl)nc2)/C1=N\[N+](=O)[O-]. The van der Waals surface area contributed by atoms with E-state index in [1.165, 1.54) is 0 Å². The van der Waals surface area contributed by atoms with Crippen molar-refractivity contribution in [3.05, 3.63) is 39.2 Å². The van der Waals surface area contributed by atoms with Gasteiger partial charge in [0.1, 0.15) is 10.3 Å². The molecule has 21 heavy (non-hydrogen) atoms. The van der Waals surface area contributed by atoms with Crippen LogP contribution in [0.5, 0.6) is 0 Å². The van der Waals surface area contributed by atoms with E-state index in [-0.39, 0.29) is 0 Å². The molecule has 1 aliphatic rings. The van der Waals surface area contributed by atoms with Crippen molar-refractivity contribution < 1.29 is 5.03 Å². The van der Waals surface area contributed by atoms with E-state index in [2.05, 4.69) is 17.0 Å². The first kappa shape index (κ1) is 15.5. The van der Waals surface area contributed by atoms with Crippen LogP contribution in [0, 0.1) is 10.1 Å². The lowest BCUT2D eigenvalue weighted by Crippen LogP contribution is -2.34. The molecule has 1 aromatic rings. The quantitative estimate of drug-likeness (QED) is 0.457. The number of nitrogens with zero attached hydrogens (tertiary/aromatic N) is 5. The van der Waals surface area contributed by atoms with Crippen LogP contribution in [-0.2, 0) is 6.54 Å². The van der Waals surface area contributed by atoms with Gasteiger partial charge in [-0.05, 0) is 18.1 Å². The lowest BCUT2D eigenvalue weighted by molar-refractivity contribution is -0.486. The molecule has 0 bridgehead atoms. The third kappa shape index (κ3) is 4.29. The third-order valence-corrected chi connectivity index (χ3v) is 3.54. The van der Waals surface area contributed by atoms with Crippen LogP contribution < -0.4 is 0 Å². The maximum absolute atomic E-state index is 10.8. The summed E-state index contributed by atoms with van der Waals surface area (Å²) in [6, 6.07) is 3.58. The predicted molar refractivity (Wildman–Crippen MR) is 80.6 cm³/mol. The van der Waals surface area contributed by atoms with Crippen molar-refractivity contribution in [1.82, 2.24) is 14.8 Å². The van der Waals surface area contributed by atoms with Gasteiger partial charge in [-0.1, -0.05) is 31.0 Å². The Bertz CT molecular complexity index is 520. The lowest BCUT2D eigenvalue weighted by Gasteiger charge is -2.20. The van der Waals surface area contributed by atoms with Gasteiger partial charge in [-0.25, -0.2) is 15.1 Å². The second-order valence-corrected chi connectivity index (χ2v) is 5.28. The molecule has 0 N–H and O–H groups in total. The first-order valence-electron chi connectivity index (χ1n) is 6.93. The minimum atomic E-state index is -0.632. The Kier molecular flexibility index (Phi) is 5.32. The third-order valence-electron chi connectivity index (χ3n) is 3.32. The van der Waals surface area contributed by atoms with Crippen molar-refractivity contribution in [2.75, 3.05) is 19.6 Å². The maximum Gasteiger partial charge on any atom is 0.274 e. The van der Waals surface area contributed by atoms with Crippen LogP contribution in [0.25, 0.3) is 0 Å². The number of unbranched alkanes of at least 4 members (excludes halogenated alkanes) is 1. The van der Waals surface area contributed by atoms with E-state index in [1.807, 2.05) is 15.9 Å². The summed E-state index contributed by atoms with van der Waals surface area (Å²) >= 11 is 5.76. The van der Waals surface area contributed by atoms with Gasteiger partial charge in [-0.15, -0.1) is 0 Å².